The van der Waals surface area contributed by atoms with Gasteiger partial charge in [0.05, 0.1) is 31.5 Å². The van der Waals surface area contributed by atoms with Crippen LogP contribution in [0.4, 0.5) is 10.1 Å². The molecule has 0 aromatic heterocycles. The van der Waals surface area contributed by atoms with Crippen LogP contribution in [0.5, 0.6) is 0 Å². The molecule has 0 bridgehead atoms. The molecule has 1 atom stereocenters. The molecule has 2 rings (SSSR count). The van der Waals surface area contributed by atoms with E-state index in [1.54, 1.807) is 12.1 Å². The summed E-state index contributed by atoms with van der Waals surface area (Å²) in [5.41, 5.74) is 6.34. The number of esters is 1. The average Bonchev–Trinajstić information content (AvgIpc) is 2.45. The average molecular weight is 298 g/mol. The summed E-state index contributed by atoms with van der Waals surface area (Å²) in [4.78, 5) is 13.3. The van der Waals surface area contributed by atoms with Crippen molar-refractivity contribution in [3.8, 4) is 0 Å². The second-order valence-corrected chi connectivity index (χ2v) is 4.77. The molecule has 1 aromatic carbocycles. The van der Waals surface area contributed by atoms with Crippen LogP contribution in [0.15, 0.2) is 18.2 Å². The molecule has 1 unspecified atom stereocenters. The Morgan fingerprint density at radius 2 is 2.35 bits per heavy atom. The van der Waals surface area contributed by atoms with Gasteiger partial charge in [0.15, 0.2) is 6.10 Å². The predicted molar refractivity (Wildman–Crippen MR) is 76.3 cm³/mol. The van der Waals surface area contributed by atoms with Crippen LogP contribution in [-0.4, -0.2) is 43.9 Å². The summed E-state index contributed by atoms with van der Waals surface area (Å²) in [5.74, 6) is -0.931. The maximum absolute atomic E-state index is 13.9. The maximum atomic E-state index is 13.9. The molecule has 1 aliphatic heterocycles. The first-order valence-corrected chi connectivity index (χ1v) is 6.48. The number of methoxy groups -OCH3 is 1. The number of thiocarbonyl (C=S) groups is 1. The van der Waals surface area contributed by atoms with Crippen LogP contribution in [0.1, 0.15) is 5.56 Å². The third-order valence-corrected chi connectivity index (χ3v) is 3.31. The lowest BCUT2D eigenvalue weighted by molar-refractivity contribution is -0.154. The van der Waals surface area contributed by atoms with Crippen molar-refractivity contribution in [3.05, 3.63) is 29.6 Å². The van der Waals surface area contributed by atoms with E-state index in [0.717, 1.165) is 0 Å². The van der Waals surface area contributed by atoms with Crippen molar-refractivity contribution in [1.82, 2.24) is 0 Å². The van der Waals surface area contributed by atoms with Gasteiger partial charge in [0.25, 0.3) is 0 Å². The smallest absolute Gasteiger partial charge is 0.336 e. The summed E-state index contributed by atoms with van der Waals surface area (Å²) in [5, 5.41) is 0. The standard InChI is InChI=1S/C13H15FN2O3S/c1-18-13(17)10-7-16(5-6-19-10)9-4-2-3-8(14)11(9)12(15)20/h2-4,10H,5-7H2,1H3,(H2,15,20). The van der Waals surface area contributed by atoms with E-state index in [1.165, 1.54) is 13.2 Å². The molecule has 5 nitrogen and oxygen atoms in total. The highest BCUT2D eigenvalue weighted by Crippen LogP contribution is 2.25. The van der Waals surface area contributed by atoms with E-state index in [4.69, 9.17) is 22.7 Å². The number of ether oxygens (including phenoxy) is 2. The third-order valence-electron chi connectivity index (χ3n) is 3.11. The number of nitrogens with two attached hydrogens (primary N) is 1. The fourth-order valence-corrected chi connectivity index (χ4v) is 2.36. The van der Waals surface area contributed by atoms with E-state index in [-0.39, 0.29) is 17.1 Å². The van der Waals surface area contributed by atoms with Crippen molar-refractivity contribution in [1.29, 1.82) is 0 Å². The highest BCUT2D eigenvalue weighted by Gasteiger charge is 2.29. The van der Waals surface area contributed by atoms with Crippen LogP contribution in [-0.2, 0) is 14.3 Å². The lowest BCUT2D eigenvalue weighted by Gasteiger charge is -2.34. The molecular weight excluding hydrogens is 283 g/mol. The Morgan fingerprint density at radius 1 is 1.60 bits per heavy atom. The summed E-state index contributed by atoms with van der Waals surface area (Å²) < 4.78 is 23.9. The van der Waals surface area contributed by atoms with E-state index in [0.29, 0.717) is 18.8 Å². The van der Waals surface area contributed by atoms with Gasteiger partial charge in [-0.3, -0.25) is 0 Å². The molecule has 0 radical (unpaired) electrons. The van der Waals surface area contributed by atoms with Gasteiger partial charge in [-0.2, -0.15) is 0 Å². The van der Waals surface area contributed by atoms with Crippen LogP contribution >= 0.6 is 12.2 Å². The fraction of sp³-hybridized carbons (Fsp3) is 0.385. The Labute approximate surface area is 121 Å². The summed E-state index contributed by atoms with van der Waals surface area (Å²) in [7, 11) is 1.30. The van der Waals surface area contributed by atoms with Gasteiger partial charge >= 0.3 is 5.97 Å². The van der Waals surface area contributed by atoms with Crippen LogP contribution in [0.25, 0.3) is 0 Å². The molecule has 2 N–H and O–H groups in total. The first-order valence-electron chi connectivity index (χ1n) is 6.07. The molecule has 7 heteroatoms. The number of rotatable bonds is 3. The zero-order valence-electron chi connectivity index (χ0n) is 11.0. The number of benzene rings is 1. The SMILES string of the molecule is COC(=O)C1CN(c2cccc(F)c2C(N)=S)CCO1. The summed E-state index contributed by atoms with van der Waals surface area (Å²) >= 11 is 4.90. The minimum Gasteiger partial charge on any atom is -0.467 e. The number of anilines is 1. The van der Waals surface area contributed by atoms with Gasteiger partial charge in [-0.25, -0.2) is 9.18 Å². The highest BCUT2D eigenvalue weighted by atomic mass is 32.1. The molecule has 1 aromatic rings. The molecule has 0 saturated carbocycles. The van der Waals surface area contributed by atoms with Gasteiger partial charge in [-0.15, -0.1) is 0 Å². The minimum absolute atomic E-state index is 0.0146. The maximum Gasteiger partial charge on any atom is 0.336 e. The third kappa shape index (κ3) is 2.88. The van der Waals surface area contributed by atoms with E-state index in [9.17, 15) is 9.18 Å². The molecular formula is C13H15FN2O3S. The first kappa shape index (κ1) is 14.7. The highest BCUT2D eigenvalue weighted by molar-refractivity contribution is 7.80. The summed E-state index contributed by atoms with van der Waals surface area (Å²) in [6.45, 7) is 1.13. The Balaban J connectivity index is 2.30. The minimum atomic E-state index is -0.698. The summed E-state index contributed by atoms with van der Waals surface area (Å²) in [6, 6.07) is 4.60. The largest absolute Gasteiger partial charge is 0.467 e. The number of carbonyl (C=O) groups excluding carboxylic acids is 1. The van der Waals surface area contributed by atoms with Crippen molar-refractivity contribution in [2.45, 2.75) is 6.10 Å². The molecule has 0 aliphatic carbocycles. The molecule has 20 heavy (non-hydrogen) atoms. The Bertz CT molecular complexity index is 538. The topological polar surface area (TPSA) is 64.8 Å². The molecule has 1 saturated heterocycles. The molecule has 0 amide bonds. The number of nitrogens with zero attached hydrogens (tertiary/aromatic N) is 1. The van der Waals surface area contributed by atoms with Crippen LogP contribution in [0.3, 0.4) is 0 Å². The monoisotopic (exact) mass is 298 g/mol. The number of morpholine rings is 1. The Hall–Kier alpha value is -1.73. The Kier molecular flexibility index (Phi) is 4.51. The molecule has 1 aliphatic rings. The van der Waals surface area contributed by atoms with Crippen molar-refractivity contribution in [2.75, 3.05) is 31.7 Å². The van der Waals surface area contributed by atoms with Crippen molar-refractivity contribution in [2.24, 2.45) is 5.73 Å². The van der Waals surface area contributed by atoms with Crippen LogP contribution < -0.4 is 10.6 Å². The van der Waals surface area contributed by atoms with Gasteiger partial charge in [0, 0.05) is 6.54 Å². The van der Waals surface area contributed by atoms with Gasteiger partial charge in [0.1, 0.15) is 10.8 Å². The van der Waals surface area contributed by atoms with Crippen LogP contribution in [0.2, 0.25) is 0 Å². The van der Waals surface area contributed by atoms with E-state index in [2.05, 4.69) is 4.74 Å². The molecule has 1 fully saturated rings. The first-order chi connectivity index (χ1) is 9.54. The number of carbonyl (C=O) groups is 1. The quantitative estimate of drug-likeness (QED) is 0.659. The lowest BCUT2D eigenvalue weighted by atomic mass is 10.1. The fourth-order valence-electron chi connectivity index (χ4n) is 2.16. The van der Waals surface area contributed by atoms with Gasteiger partial charge in [0.2, 0.25) is 0 Å². The second kappa shape index (κ2) is 6.15. The van der Waals surface area contributed by atoms with E-state index >= 15 is 0 Å². The van der Waals surface area contributed by atoms with Gasteiger partial charge in [-0.1, -0.05) is 18.3 Å². The molecule has 0 spiro atoms. The molecule has 1 heterocycles. The Morgan fingerprint density at radius 3 is 3.00 bits per heavy atom. The lowest BCUT2D eigenvalue weighted by Crippen LogP contribution is -2.47. The molecule has 108 valence electrons. The normalized spacial score (nSPS) is 18.7. The predicted octanol–water partition coefficient (Wildman–Crippen LogP) is 0.838. The summed E-state index contributed by atoms with van der Waals surface area (Å²) in [6.07, 6.45) is -0.698. The van der Waals surface area contributed by atoms with E-state index < -0.39 is 17.9 Å². The zero-order chi connectivity index (χ0) is 14.7. The second-order valence-electron chi connectivity index (χ2n) is 4.33. The van der Waals surface area contributed by atoms with Crippen LogP contribution in [0, 0.1) is 5.82 Å². The zero-order valence-corrected chi connectivity index (χ0v) is 11.8. The van der Waals surface area contributed by atoms with Crippen molar-refractivity contribution >= 4 is 28.9 Å². The number of hydrogen-bond acceptors (Lipinski definition) is 5. The van der Waals surface area contributed by atoms with Gasteiger partial charge < -0.3 is 20.1 Å². The number of hydrogen-bond donors (Lipinski definition) is 1. The number of halogens is 1. The van der Waals surface area contributed by atoms with Crippen molar-refractivity contribution < 1.29 is 18.7 Å². The van der Waals surface area contributed by atoms with E-state index in [1.807, 2.05) is 4.90 Å². The van der Waals surface area contributed by atoms with Crippen molar-refractivity contribution in [3.63, 3.8) is 0 Å². The van der Waals surface area contributed by atoms with Gasteiger partial charge in [-0.05, 0) is 12.1 Å².